The molecule has 3 aliphatic heterocycles. The van der Waals surface area contributed by atoms with E-state index < -0.39 is 41.7 Å². The van der Waals surface area contributed by atoms with E-state index in [2.05, 4.69) is 0 Å². The lowest BCUT2D eigenvalue weighted by Gasteiger charge is -2.42. The predicted octanol–water partition coefficient (Wildman–Crippen LogP) is 0.510. The molecule has 3 aliphatic rings. The Kier molecular flexibility index (Phi) is 4.17. The summed E-state index contributed by atoms with van der Waals surface area (Å²) in [7, 11) is 0. The smallest absolute Gasteiger partial charge is 0.328 e. The lowest BCUT2D eigenvalue weighted by atomic mass is 9.95. The molecule has 28 heavy (non-hydrogen) atoms. The maximum absolute atomic E-state index is 13.4. The fraction of sp³-hybridized carbons (Fsp3) is 0.421. The van der Waals surface area contributed by atoms with Gasteiger partial charge in [-0.05, 0) is 30.9 Å². The van der Waals surface area contributed by atoms with Crippen LogP contribution in [0.2, 0.25) is 0 Å². The Morgan fingerprint density at radius 1 is 1.07 bits per heavy atom. The summed E-state index contributed by atoms with van der Waals surface area (Å²) >= 11 is 0. The van der Waals surface area contributed by atoms with Crippen LogP contribution < -0.4 is 0 Å². The number of hydrogen-bond acceptors (Lipinski definition) is 5. The number of nitrogens with zero attached hydrogens (tertiary/aromatic N) is 3. The van der Waals surface area contributed by atoms with Crippen LogP contribution in [-0.4, -0.2) is 68.3 Å². The molecule has 2 saturated heterocycles. The standard InChI is InChI=1S/C19H19N3O6/c1-10-9-14(23)20-8-4-7-13(19(27)28)22(20)18(26)15(10)21-16(24)11-5-2-3-6-12(11)17(21)25/h2-3,5-6,10,13,15H,4,7-9H2,1H3,(H,27,28). The van der Waals surface area contributed by atoms with Crippen molar-refractivity contribution in [3.63, 3.8) is 0 Å². The molecule has 146 valence electrons. The van der Waals surface area contributed by atoms with Crippen LogP contribution in [0.5, 0.6) is 0 Å². The molecule has 0 spiro atoms. The summed E-state index contributed by atoms with van der Waals surface area (Å²) in [5.74, 6) is -4.15. The number of rotatable bonds is 2. The molecule has 9 nitrogen and oxygen atoms in total. The Balaban J connectivity index is 1.78. The van der Waals surface area contributed by atoms with Gasteiger partial charge in [-0.15, -0.1) is 0 Å². The van der Waals surface area contributed by atoms with Gasteiger partial charge in [0, 0.05) is 13.0 Å². The van der Waals surface area contributed by atoms with Crippen LogP contribution in [0.1, 0.15) is 46.9 Å². The van der Waals surface area contributed by atoms with Crippen molar-refractivity contribution in [2.75, 3.05) is 6.54 Å². The van der Waals surface area contributed by atoms with Gasteiger partial charge in [0.1, 0.15) is 6.04 Å². The minimum absolute atomic E-state index is 0.0628. The number of carboxylic acids is 1. The molecule has 1 N–H and O–H groups in total. The topological polar surface area (TPSA) is 115 Å². The fourth-order valence-electron chi connectivity index (χ4n) is 4.27. The minimum Gasteiger partial charge on any atom is -0.480 e. The number of benzene rings is 1. The minimum atomic E-state index is -1.23. The average molecular weight is 385 g/mol. The quantitative estimate of drug-likeness (QED) is 0.742. The monoisotopic (exact) mass is 385 g/mol. The summed E-state index contributed by atoms with van der Waals surface area (Å²) in [6.07, 6.45) is 0.597. The summed E-state index contributed by atoms with van der Waals surface area (Å²) in [6.45, 7) is 1.86. The number of hydrazine groups is 1. The Labute approximate surface area is 160 Å². The van der Waals surface area contributed by atoms with E-state index in [1.807, 2.05) is 0 Å². The van der Waals surface area contributed by atoms with Crippen LogP contribution in [0.15, 0.2) is 24.3 Å². The van der Waals surface area contributed by atoms with Gasteiger partial charge in [-0.3, -0.25) is 29.1 Å². The molecule has 2 fully saturated rings. The Morgan fingerprint density at radius 2 is 1.68 bits per heavy atom. The number of fused-ring (bicyclic) bond motifs is 2. The first kappa shape index (κ1) is 18.1. The van der Waals surface area contributed by atoms with Gasteiger partial charge in [0.05, 0.1) is 11.1 Å². The average Bonchev–Trinajstić information content (AvgIpc) is 2.87. The second-order valence-electron chi connectivity index (χ2n) is 7.35. The second kappa shape index (κ2) is 6.43. The number of imide groups is 1. The van der Waals surface area contributed by atoms with Gasteiger partial charge >= 0.3 is 5.97 Å². The van der Waals surface area contributed by atoms with Gasteiger partial charge in [-0.1, -0.05) is 19.1 Å². The molecule has 3 atom stereocenters. The number of carbonyl (C=O) groups is 5. The van der Waals surface area contributed by atoms with Crippen LogP contribution in [0.4, 0.5) is 0 Å². The van der Waals surface area contributed by atoms with E-state index in [0.717, 1.165) is 9.91 Å². The van der Waals surface area contributed by atoms with Crippen LogP contribution in [0.25, 0.3) is 0 Å². The van der Waals surface area contributed by atoms with Gasteiger partial charge in [-0.2, -0.15) is 0 Å². The Morgan fingerprint density at radius 3 is 2.25 bits per heavy atom. The highest BCUT2D eigenvalue weighted by molar-refractivity contribution is 6.23. The first-order valence-corrected chi connectivity index (χ1v) is 9.16. The molecule has 0 saturated carbocycles. The lowest BCUT2D eigenvalue weighted by molar-refractivity contribution is -0.181. The van der Waals surface area contributed by atoms with Gasteiger partial charge in [0.25, 0.3) is 17.7 Å². The third-order valence-electron chi connectivity index (χ3n) is 5.59. The summed E-state index contributed by atoms with van der Waals surface area (Å²) in [5.41, 5.74) is 0.404. The third-order valence-corrected chi connectivity index (χ3v) is 5.59. The highest BCUT2D eigenvalue weighted by atomic mass is 16.4. The summed E-state index contributed by atoms with van der Waals surface area (Å²) in [4.78, 5) is 64.4. The van der Waals surface area contributed by atoms with E-state index in [-0.39, 0.29) is 36.4 Å². The molecule has 0 aromatic heterocycles. The van der Waals surface area contributed by atoms with Gasteiger partial charge in [0.15, 0.2) is 6.04 Å². The molecule has 3 unspecified atom stereocenters. The molecular weight excluding hydrogens is 366 g/mol. The van der Waals surface area contributed by atoms with Crippen molar-refractivity contribution >= 4 is 29.6 Å². The van der Waals surface area contributed by atoms with Crippen LogP contribution in [0.3, 0.4) is 0 Å². The first-order valence-electron chi connectivity index (χ1n) is 9.16. The predicted molar refractivity (Wildman–Crippen MR) is 93.7 cm³/mol. The molecule has 1 aromatic carbocycles. The SMILES string of the molecule is CC1CC(=O)N2CCCC(C(=O)O)N2C(=O)C1N1C(=O)c2ccccc2C1=O. The number of carboxylic acid groups (broad SMARTS) is 1. The van der Waals surface area contributed by atoms with E-state index in [0.29, 0.717) is 6.42 Å². The Bertz CT molecular complexity index is 878. The van der Waals surface area contributed by atoms with Crippen LogP contribution >= 0.6 is 0 Å². The number of carbonyl (C=O) groups excluding carboxylic acids is 4. The second-order valence-corrected chi connectivity index (χ2v) is 7.35. The largest absolute Gasteiger partial charge is 0.480 e. The maximum atomic E-state index is 13.4. The number of amides is 4. The zero-order valence-corrected chi connectivity index (χ0v) is 15.2. The molecule has 0 bridgehead atoms. The Hall–Kier alpha value is -3.23. The van der Waals surface area contributed by atoms with E-state index in [1.54, 1.807) is 19.1 Å². The third kappa shape index (κ3) is 2.49. The van der Waals surface area contributed by atoms with Crippen molar-refractivity contribution in [1.82, 2.24) is 14.9 Å². The lowest BCUT2D eigenvalue weighted by Crippen LogP contribution is -2.63. The maximum Gasteiger partial charge on any atom is 0.328 e. The highest BCUT2D eigenvalue weighted by Gasteiger charge is 2.52. The molecular formula is C19H19N3O6. The fourth-order valence-corrected chi connectivity index (χ4v) is 4.27. The van der Waals surface area contributed by atoms with E-state index in [9.17, 15) is 29.1 Å². The molecule has 3 heterocycles. The zero-order valence-electron chi connectivity index (χ0n) is 15.2. The molecule has 4 amide bonds. The van der Waals surface area contributed by atoms with Crippen molar-refractivity contribution in [3.05, 3.63) is 35.4 Å². The molecule has 1 aromatic rings. The molecule has 4 rings (SSSR count). The van der Waals surface area contributed by atoms with Gasteiger partial charge in [0.2, 0.25) is 5.91 Å². The molecule has 9 heteroatoms. The van der Waals surface area contributed by atoms with E-state index >= 15 is 0 Å². The number of aliphatic carboxylic acids is 1. The van der Waals surface area contributed by atoms with Crippen molar-refractivity contribution in [1.29, 1.82) is 0 Å². The van der Waals surface area contributed by atoms with Crippen LogP contribution in [0, 0.1) is 5.92 Å². The molecule has 0 radical (unpaired) electrons. The summed E-state index contributed by atoms with van der Waals surface area (Å²) in [5, 5.41) is 11.7. The van der Waals surface area contributed by atoms with Gasteiger partial charge < -0.3 is 5.11 Å². The zero-order chi connectivity index (χ0) is 20.2. The summed E-state index contributed by atoms with van der Waals surface area (Å²) in [6, 6.07) is 3.85. The van der Waals surface area contributed by atoms with Crippen molar-refractivity contribution < 1.29 is 29.1 Å². The van der Waals surface area contributed by atoms with Crippen molar-refractivity contribution in [3.8, 4) is 0 Å². The van der Waals surface area contributed by atoms with E-state index in [1.165, 1.54) is 17.1 Å². The van der Waals surface area contributed by atoms with Crippen molar-refractivity contribution in [2.45, 2.75) is 38.3 Å². The first-order chi connectivity index (χ1) is 13.3. The van der Waals surface area contributed by atoms with Crippen molar-refractivity contribution in [2.24, 2.45) is 5.92 Å². The van der Waals surface area contributed by atoms with Crippen LogP contribution in [-0.2, 0) is 14.4 Å². The highest BCUT2D eigenvalue weighted by Crippen LogP contribution is 2.33. The summed E-state index contributed by atoms with van der Waals surface area (Å²) < 4.78 is 0. The molecule has 0 aliphatic carbocycles. The normalized spacial score (nSPS) is 27.6. The number of hydrogen-bond donors (Lipinski definition) is 1. The van der Waals surface area contributed by atoms with E-state index in [4.69, 9.17) is 0 Å². The van der Waals surface area contributed by atoms with Gasteiger partial charge in [-0.25, -0.2) is 9.80 Å².